The Morgan fingerprint density at radius 3 is 2.43 bits per heavy atom. The van der Waals surface area contributed by atoms with Gasteiger partial charge in [-0.05, 0) is 50.2 Å². The molecule has 37 heavy (non-hydrogen) atoms. The summed E-state index contributed by atoms with van der Waals surface area (Å²) in [5, 5.41) is 5.83. The fourth-order valence-electron chi connectivity index (χ4n) is 3.40. The van der Waals surface area contributed by atoms with Gasteiger partial charge in [0.25, 0.3) is 17.7 Å². The minimum atomic E-state index is -0.752. The van der Waals surface area contributed by atoms with E-state index in [9.17, 15) is 19.2 Å². The second kappa shape index (κ2) is 10.9. The van der Waals surface area contributed by atoms with Gasteiger partial charge in [0, 0.05) is 21.3 Å². The van der Waals surface area contributed by atoms with E-state index in [0.717, 1.165) is 16.2 Å². The lowest BCUT2D eigenvalue weighted by Crippen LogP contribution is -2.32. The molecule has 3 aromatic rings. The topological polar surface area (TPSA) is 118 Å². The molecule has 0 saturated heterocycles. The van der Waals surface area contributed by atoms with Gasteiger partial charge in [-0.15, -0.1) is 0 Å². The van der Waals surface area contributed by atoms with Gasteiger partial charge in [0.1, 0.15) is 15.6 Å². The van der Waals surface area contributed by atoms with Crippen LogP contribution in [0.5, 0.6) is 0 Å². The Bertz CT molecular complexity index is 1470. The number of esters is 1. The van der Waals surface area contributed by atoms with Crippen molar-refractivity contribution >= 4 is 86.3 Å². The predicted molar refractivity (Wildman–Crippen MR) is 143 cm³/mol. The maximum absolute atomic E-state index is 13.0. The Kier molecular flexibility index (Phi) is 7.84. The number of anilines is 3. The Morgan fingerprint density at radius 1 is 1.05 bits per heavy atom. The average molecular weight is 580 g/mol. The van der Waals surface area contributed by atoms with Crippen LogP contribution in [0.4, 0.5) is 16.5 Å². The molecule has 9 nitrogen and oxygen atoms in total. The van der Waals surface area contributed by atoms with Crippen molar-refractivity contribution in [3.63, 3.8) is 0 Å². The summed E-state index contributed by atoms with van der Waals surface area (Å²) in [5.74, 6) is -2.48. The summed E-state index contributed by atoms with van der Waals surface area (Å²) >= 11 is 19.2. The third-order valence-electron chi connectivity index (χ3n) is 5.00. The minimum absolute atomic E-state index is 0.163. The fraction of sp³-hybridized carbons (Fsp3) is 0.125. The van der Waals surface area contributed by atoms with Gasteiger partial charge in [-0.3, -0.25) is 19.7 Å². The lowest BCUT2D eigenvalue weighted by molar-refractivity contribution is -0.120. The molecule has 3 amide bonds. The predicted octanol–water partition coefficient (Wildman–Crippen LogP) is 5.62. The minimum Gasteiger partial charge on any atom is -0.462 e. The second-order valence-electron chi connectivity index (χ2n) is 7.58. The lowest BCUT2D eigenvalue weighted by atomic mass is 10.2. The smallest absolute Gasteiger partial charge is 0.350 e. The number of amides is 3. The molecule has 190 valence electrons. The van der Waals surface area contributed by atoms with Crippen molar-refractivity contribution in [2.24, 2.45) is 0 Å². The van der Waals surface area contributed by atoms with Gasteiger partial charge in [0.2, 0.25) is 0 Å². The Balaban J connectivity index is 1.52. The summed E-state index contributed by atoms with van der Waals surface area (Å²) in [5.41, 5.74) is 0.982. The number of carbonyl (C=O) groups is 4. The van der Waals surface area contributed by atoms with Gasteiger partial charge in [-0.2, -0.15) is 0 Å². The monoisotopic (exact) mass is 578 g/mol. The first-order valence-corrected chi connectivity index (χ1v) is 12.6. The van der Waals surface area contributed by atoms with Crippen molar-refractivity contribution in [2.75, 3.05) is 22.1 Å². The van der Waals surface area contributed by atoms with E-state index in [4.69, 9.17) is 39.5 Å². The van der Waals surface area contributed by atoms with E-state index in [0.29, 0.717) is 16.3 Å². The van der Waals surface area contributed by atoms with Crippen LogP contribution in [0.3, 0.4) is 0 Å². The van der Waals surface area contributed by atoms with Crippen LogP contribution in [0.15, 0.2) is 53.2 Å². The van der Waals surface area contributed by atoms with Crippen LogP contribution in [0.2, 0.25) is 10.0 Å². The number of aromatic nitrogens is 1. The zero-order valence-electron chi connectivity index (χ0n) is 19.2. The number of rotatable bonds is 7. The molecule has 2 heterocycles. The fourth-order valence-corrected chi connectivity index (χ4v) is 4.98. The number of halogens is 3. The largest absolute Gasteiger partial charge is 0.462 e. The molecule has 0 radical (unpaired) electrons. The maximum atomic E-state index is 13.0. The van der Waals surface area contributed by atoms with Gasteiger partial charge in [-0.25, -0.2) is 14.7 Å². The number of imide groups is 1. The molecular formula is C24H17Cl3N4O5S. The van der Waals surface area contributed by atoms with Crippen LogP contribution in [0.1, 0.15) is 32.6 Å². The highest BCUT2D eigenvalue weighted by Gasteiger charge is 2.39. The summed E-state index contributed by atoms with van der Waals surface area (Å²) in [6, 6.07) is 10.5. The van der Waals surface area contributed by atoms with E-state index in [-0.39, 0.29) is 43.8 Å². The molecule has 0 atom stereocenters. The summed E-state index contributed by atoms with van der Waals surface area (Å²) in [6.07, 6.45) is 0. The molecule has 0 bridgehead atoms. The molecular weight excluding hydrogens is 563 g/mol. The third kappa shape index (κ3) is 5.62. The standard InChI is InChI=1S/C24H17Cl3N4O5S/c1-3-36-23(35)19-11(2)28-24(37-19)30-20(32)12-5-4-6-15(7-12)29-18-17(27)21(33)31(22(18)34)16-9-13(25)8-14(26)10-16/h4-10,29H,3H2,1-2H3,(H,28,30,32). The zero-order valence-corrected chi connectivity index (χ0v) is 22.3. The van der Waals surface area contributed by atoms with E-state index in [2.05, 4.69) is 15.6 Å². The highest BCUT2D eigenvalue weighted by molar-refractivity contribution is 7.17. The van der Waals surface area contributed by atoms with Crippen molar-refractivity contribution < 1.29 is 23.9 Å². The van der Waals surface area contributed by atoms with E-state index in [1.807, 2.05) is 0 Å². The summed E-state index contributed by atoms with van der Waals surface area (Å²) < 4.78 is 4.99. The molecule has 0 unspecified atom stereocenters. The third-order valence-corrected chi connectivity index (χ3v) is 6.84. The van der Waals surface area contributed by atoms with E-state index >= 15 is 0 Å². The van der Waals surface area contributed by atoms with Crippen LogP contribution in [0, 0.1) is 6.92 Å². The van der Waals surface area contributed by atoms with Gasteiger partial charge >= 0.3 is 5.97 Å². The quantitative estimate of drug-likeness (QED) is 0.275. The number of benzene rings is 2. The Hall–Kier alpha value is -3.44. The van der Waals surface area contributed by atoms with E-state index in [1.165, 1.54) is 24.3 Å². The molecule has 1 aliphatic rings. The van der Waals surface area contributed by atoms with Crippen LogP contribution < -0.4 is 15.5 Å². The Labute approximate surface area is 230 Å². The van der Waals surface area contributed by atoms with Crippen molar-refractivity contribution in [2.45, 2.75) is 13.8 Å². The number of aryl methyl sites for hydroxylation is 1. The number of nitrogens with zero attached hydrogens (tertiary/aromatic N) is 2. The highest BCUT2D eigenvalue weighted by atomic mass is 35.5. The molecule has 0 saturated carbocycles. The van der Waals surface area contributed by atoms with Gasteiger partial charge in [0.05, 0.1) is 18.0 Å². The van der Waals surface area contributed by atoms with Gasteiger partial charge in [-0.1, -0.05) is 52.2 Å². The molecule has 13 heteroatoms. The number of hydrogen-bond acceptors (Lipinski definition) is 8. The van der Waals surface area contributed by atoms with Crippen LogP contribution in [-0.4, -0.2) is 35.3 Å². The number of hydrogen-bond donors (Lipinski definition) is 2. The second-order valence-corrected chi connectivity index (χ2v) is 9.83. The van der Waals surface area contributed by atoms with Crippen LogP contribution >= 0.6 is 46.1 Å². The van der Waals surface area contributed by atoms with Crippen LogP contribution in [-0.2, 0) is 14.3 Å². The first kappa shape index (κ1) is 26.6. The summed E-state index contributed by atoms with van der Waals surface area (Å²) in [7, 11) is 0. The molecule has 1 aromatic heterocycles. The van der Waals surface area contributed by atoms with Crippen molar-refractivity contribution in [1.29, 1.82) is 0 Å². The highest BCUT2D eigenvalue weighted by Crippen LogP contribution is 2.33. The van der Waals surface area contributed by atoms with Crippen molar-refractivity contribution in [3.8, 4) is 0 Å². The molecule has 1 aliphatic heterocycles. The lowest BCUT2D eigenvalue weighted by Gasteiger charge is -2.16. The first-order chi connectivity index (χ1) is 17.6. The molecule has 0 spiro atoms. The summed E-state index contributed by atoms with van der Waals surface area (Å²) in [4.78, 5) is 55.9. The average Bonchev–Trinajstić information content (AvgIpc) is 3.30. The van der Waals surface area contributed by atoms with Crippen LogP contribution in [0.25, 0.3) is 0 Å². The van der Waals surface area contributed by atoms with Crippen molar-refractivity contribution in [3.05, 3.63) is 79.4 Å². The maximum Gasteiger partial charge on any atom is 0.350 e. The summed E-state index contributed by atoms with van der Waals surface area (Å²) in [6.45, 7) is 3.55. The van der Waals surface area contributed by atoms with E-state index < -0.39 is 23.7 Å². The van der Waals surface area contributed by atoms with E-state index in [1.54, 1.807) is 32.0 Å². The molecule has 0 aliphatic carbocycles. The number of carbonyl (C=O) groups excluding carboxylic acids is 4. The molecule has 2 aromatic carbocycles. The van der Waals surface area contributed by atoms with Gasteiger partial charge < -0.3 is 10.1 Å². The van der Waals surface area contributed by atoms with Crippen molar-refractivity contribution in [1.82, 2.24) is 4.98 Å². The number of thiazole rings is 1. The zero-order chi connectivity index (χ0) is 26.9. The first-order valence-electron chi connectivity index (χ1n) is 10.7. The normalized spacial score (nSPS) is 13.3. The number of nitrogens with one attached hydrogen (secondary N) is 2. The SMILES string of the molecule is CCOC(=O)c1sc(NC(=O)c2cccc(NC3=C(Cl)C(=O)N(c4cc(Cl)cc(Cl)c4)C3=O)c2)nc1C. The number of ether oxygens (including phenoxy) is 1. The molecule has 2 N–H and O–H groups in total. The molecule has 0 fully saturated rings. The molecule has 4 rings (SSSR count). The van der Waals surface area contributed by atoms with Gasteiger partial charge in [0.15, 0.2) is 5.13 Å². The Morgan fingerprint density at radius 2 is 1.76 bits per heavy atom.